The van der Waals surface area contributed by atoms with Crippen molar-refractivity contribution >= 4 is 61.8 Å². The van der Waals surface area contributed by atoms with Crippen molar-refractivity contribution in [2.24, 2.45) is 0 Å². The molecule has 0 saturated heterocycles. The second kappa shape index (κ2) is 26.5. The quantitative estimate of drug-likeness (QED) is 0.0988. The monoisotopic (exact) mass is 1290 g/mol. The van der Waals surface area contributed by atoms with E-state index in [0.717, 1.165) is 106 Å². The molecule has 0 amide bonds. The minimum atomic E-state index is 0.406. The number of pyridine rings is 5. The van der Waals surface area contributed by atoms with Crippen molar-refractivity contribution in [2.75, 3.05) is 37.2 Å². The Morgan fingerprint density at radius 2 is 0.656 bits per heavy atom. The molecule has 0 fully saturated rings. The number of benzene rings is 3. The third-order valence-electron chi connectivity index (χ3n) is 14.7. The van der Waals surface area contributed by atoms with E-state index < -0.39 is 0 Å². The SMILES string of the molecule is COc1ccc(-c2cnc3c(-c4ccccn4)c(N)nn3c2)cc1.COc1cccc(-c2cnc3c(-c4ccccn4)c(N)nn3c2)c1.Nc1nn2cc(-c3cccc(Br)c3)cnc2c1-c1ccccn1.Nc1nn2cc(-c3ccncc3)cnc2c1-c1ccccn1. The van der Waals surface area contributed by atoms with Gasteiger partial charge in [0.2, 0.25) is 0 Å². The molecule has 0 unspecified atom stereocenters. The van der Waals surface area contributed by atoms with Gasteiger partial charge in [-0.05, 0) is 119 Å². The van der Waals surface area contributed by atoms with Crippen LogP contribution in [0.3, 0.4) is 0 Å². The number of ether oxygens (including phenoxy) is 2. The Hall–Kier alpha value is -12.8. The van der Waals surface area contributed by atoms with E-state index in [0.29, 0.717) is 45.9 Å². The highest BCUT2D eigenvalue weighted by Gasteiger charge is 2.20. The lowest BCUT2D eigenvalue weighted by molar-refractivity contribution is 0.415. The summed E-state index contributed by atoms with van der Waals surface area (Å²) in [5, 5.41) is 17.5. The number of nitrogen functional groups attached to an aromatic ring is 4. The summed E-state index contributed by atoms with van der Waals surface area (Å²) in [4.78, 5) is 39.5. The van der Waals surface area contributed by atoms with E-state index in [1.54, 1.807) is 81.9 Å². The molecule has 0 spiro atoms. The van der Waals surface area contributed by atoms with Gasteiger partial charge in [0.15, 0.2) is 45.9 Å². The number of nitrogens with two attached hydrogens (primary N) is 4. The van der Waals surface area contributed by atoms with Crippen molar-refractivity contribution in [3.63, 3.8) is 0 Å². The van der Waals surface area contributed by atoms with Crippen LogP contribution in [0.1, 0.15) is 0 Å². The third kappa shape index (κ3) is 12.6. The number of nitrogens with zero attached hydrogens (tertiary/aromatic N) is 17. The molecule has 16 rings (SSSR count). The molecule has 3 aromatic carbocycles. The smallest absolute Gasteiger partial charge is 0.166 e. The van der Waals surface area contributed by atoms with Crippen molar-refractivity contribution < 1.29 is 9.47 Å². The first-order valence-electron chi connectivity index (χ1n) is 28.7. The molecule has 0 aliphatic rings. The number of aromatic nitrogens is 17. The van der Waals surface area contributed by atoms with E-state index in [4.69, 9.17) is 32.4 Å². The zero-order valence-electron chi connectivity index (χ0n) is 49.7. The number of methoxy groups -OCH3 is 2. The topological polar surface area (TPSA) is 308 Å². The molecule has 13 heterocycles. The van der Waals surface area contributed by atoms with Gasteiger partial charge in [0, 0.05) is 113 Å². The molecule has 0 saturated carbocycles. The van der Waals surface area contributed by atoms with E-state index in [2.05, 4.69) is 81.2 Å². The van der Waals surface area contributed by atoms with Crippen LogP contribution in [0.4, 0.5) is 23.3 Å². The minimum absolute atomic E-state index is 0.406. The predicted molar refractivity (Wildman–Crippen MR) is 363 cm³/mol. The van der Waals surface area contributed by atoms with Crippen molar-refractivity contribution in [3.8, 4) is 101 Å². The van der Waals surface area contributed by atoms with Gasteiger partial charge in [-0.1, -0.05) is 76.6 Å². The lowest BCUT2D eigenvalue weighted by Gasteiger charge is -2.05. The molecular weight excluding hydrogens is 1230 g/mol. The maximum absolute atomic E-state index is 6.09. The van der Waals surface area contributed by atoms with Gasteiger partial charge >= 0.3 is 0 Å². The van der Waals surface area contributed by atoms with Crippen LogP contribution in [-0.2, 0) is 0 Å². The van der Waals surface area contributed by atoms with Crippen molar-refractivity contribution in [3.05, 3.63) is 249 Å². The average molecular weight is 1290 g/mol. The van der Waals surface area contributed by atoms with E-state index >= 15 is 0 Å². The van der Waals surface area contributed by atoms with E-state index in [1.165, 1.54) is 0 Å². The summed E-state index contributed by atoms with van der Waals surface area (Å²) in [5.74, 6) is 3.26. The molecule has 8 N–H and O–H groups in total. The van der Waals surface area contributed by atoms with Crippen LogP contribution >= 0.6 is 15.9 Å². The summed E-state index contributed by atoms with van der Waals surface area (Å²) in [7, 11) is 3.29. The second-order valence-corrected chi connectivity index (χ2v) is 21.5. The molecule has 93 heavy (non-hydrogen) atoms. The number of halogens is 1. The molecular formula is C69H54BrN21O2. The maximum atomic E-state index is 6.09. The lowest BCUT2D eigenvalue weighted by atomic mass is 10.1. The van der Waals surface area contributed by atoms with Crippen LogP contribution in [0.5, 0.6) is 11.5 Å². The molecule has 0 atom stereocenters. The summed E-state index contributed by atoms with van der Waals surface area (Å²) >= 11 is 3.48. The third-order valence-corrected chi connectivity index (χ3v) is 15.2. The van der Waals surface area contributed by atoms with Crippen molar-refractivity contribution in [2.45, 2.75) is 0 Å². The Morgan fingerprint density at radius 3 is 1.00 bits per heavy atom. The first-order chi connectivity index (χ1) is 45.6. The first kappa shape index (κ1) is 59.1. The van der Waals surface area contributed by atoms with Crippen LogP contribution in [0, 0.1) is 0 Å². The summed E-state index contributed by atoms with van der Waals surface area (Å²) < 4.78 is 18.3. The predicted octanol–water partition coefficient (Wildman–Crippen LogP) is 12.3. The molecule has 0 aliphatic carbocycles. The standard InChI is InChI=1S/2C18H15N5O.C17H12BrN5.C16H12N6/c1-24-14-6-4-5-12(9-14)13-10-21-18-16(15-7-2-3-8-20-15)17(19)22-23(18)11-13;1-24-14-7-5-12(6-8-14)13-10-21-18-16(15-4-2-3-9-20-15)17(19)22-23(18)11-13;18-13-5-3-4-11(8-13)12-9-21-17-15(14-6-1-2-7-20-14)16(19)22-23(17)10-12;17-15-14(13-3-1-2-6-19-13)16-20-9-12(10-22(16)21-15)11-4-7-18-8-5-11/h2*2-11H,1H3,(H2,19,22);1-10H,(H2,19,22);1-10H,(H2,17,21). The van der Waals surface area contributed by atoms with Crippen LogP contribution in [0.2, 0.25) is 0 Å². The van der Waals surface area contributed by atoms with E-state index in [1.807, 2.05) is 195 Å². The number of hydrogen-bond acceptors (Lipinski definition) is 19. The van der Waals surface area contributed by atoms with Crippen LogP contribution in [-0.4, -0.2) is 97.5 Å². The Morgan fingerprint density at radius 1 is 0.312 bits per heavy atom. The average Bonchev–Trinajstić information content (AvgIpc) is 1.72. The summed E-state index contributed by atoms with van der Waals surface area (Å²) in [5.41, 5.74) is 41.0. The fourth-order valence-electron chi connectivity index (χ4n) is 10.2. The number of fused-ring (bicyclic) bond motifs is 4. The zero-order chi connectivity index (χ0) is 63.8. The van der Waals surface area contributed by atoms with E-state index in [9.17, 15) is 0 Å². The molecule has 23 nitrogen and oxygen atoms in total. The highest BCUT2D eigenvalue weighted by atomic mass is 79.9. The molecule has 454 valence electrons. The normalized spacial score (nSPS) is 10.9. The Labute approximate surface area is 538 Å². The minimum Gasteiger partial charge on any atom is -0.497 e. The first-order valence-corrected chi connectivity index (χ1v) is 29.5. The molecule has 13 aromatic heterocycles. The number of hydrogen-bond donors (Lipinski definition) is 4. The van der Waals surface area contributed by atoms with Gasteiger partial charge in [0.25, 0.3) is 0 Å². The van der Waals surface area contributed by atoms with Crippen LogP contribution in [0.15, 0.2) is 249 Å². The molecule has 24 heteroatoms. The van der Waals surface area contributed by atoms with Crippen LogP contribution < -0.4 is 32.4 Å². The summed E-state index contributed by atoms with van der Waals surface area (Å²) in [6, 6.07) is 50.2. The van der Waals surface area contributed by atoms with Gasteiger partial charge in [0.05, 0.1) is 59.2 Å². The van der Waals surface area contributed by atoms with Crippen LogP contribution in [0.25, 0.3) is 112 Å². The van der Waals surface area contributed by atoms with E-state index in [-0.39, 0.29) is 0 Å². The summed E-state index contributed by atoms with van der Waals surface area (Å²) in [6.45, 7) is 0. The zero-order valence-corrected chi connectivity index (χ0v) is 51.3. The van der Waals surface area contributed by atoms with Crippen molar-refractivity contribution in [1.29, 1.82) is 0 Å². The van der Waals surface area contributed by atoms with Gasteiger partial charge in [-0.15, -0.1) is 20.4 Å². The summed E-state index contributed by atoms with van der Waals surface area (Å²) in [6.07, 6.45) is 25.3. The fraction of sp³-hybridized carbons (Fsp3) is 0.0290. The van der Waals surface area contributed by atoms with Gasteiger partial charge < -0.3 is 32.4 Å². The molecule has 0 bridgehead atoms. The fourth-order valence-corrected chi connectivity index (χ4v) is 10.6. The Kier molecular flexibility index (Phi) is 16.8. The lowest BCUT2D eigenvalue weighted by Crippen LogP contribution is -1.93. The highest BCUT2D eigenvalue weighted by Crippen LogP contribution is 2.34. The molecule has 0 aliphatic heterocycles. The maximum Gasteiger partial charge on any atom is 0.166 e. The highest BCUT2D eigenvalue weighted by molar-refractivity contribution is 9.10. The Balaban J connectivity index is 0.000000113. The molecule has 0 radical (unpaired) electrons. The molecule has 16 aromatic rings. The largest absolute Gasteiger partial charge is 0.497 e. The van der Waals surface area contributed by atoms with Crippen molar-refractivity contribution in [1.82, 2.24) is 83.3 Å². The van der Waals surface area contributed by atoms with Gasteiger partial charge in [0.1, 0.15) is 11.5 Å². The number of anilines is 4. The van der Waals surface area contributed by atoms with Gasteiger partial charge in [-0.3, -0.25) is 24.9 Å². The number of rotatable bonds is 10. The Bertz CT molecular complexity index is 5250. The van der Waals surface area contributed by atoms with Gasteiger partial charge in [-0.2, -0.15) is 0 Å². The second-order valence-electron chi connectivity index (χ2n) is 20.6. The van der Waals surface area contributed by atoms with Gasteiger partial charge in [-0.25, -0.2) is 38.0 Å².